The van der Waals surface area contributed by atoms with Gasteiger partial charge in [-0.15, -0.1) is 0 Å². The first kappa shape index (κ1) is 27.4. The highest BCUT2D eigenvalue weighted by atomic mass is 16.6. The van der Waals surface area contributed by atoms with Gasteiger partial charge in [0.2, 0.25) is 0 Å². The highest BCUT2D eigenvalue weighted by Crippen LogP contribution is 2.67. The van der Waals surface area contributed by atoms with E-state index in [1.165, 1.54) is 52.4 Å². The van der Waals surface area contributed by atoms with Gasteiger partial charge in [-0.05, 0) is 79.1 Å². The fraction of sp³-hybridized carbons (Fsp3) is 0.839. The number of hydrogen-bond acceptors (Lipinski definition) is 5. The Balaban J connectivity index is 1.58. The fourth-order valence-electron chi connectivity index (χ4n) is 9.20. The Labute approximate surface area is 218 Å². The summed E-state index contributed by atoms with van der Waals surface area (Å²) in [6.07, 6.45) is 10.5. The van der Waals surface area contributed by atoms with Crippen LogP contribution in [-0.4, -0.2) is 29.9 Å². The molecule has 0 aromatic carbocycles. The van der Waals surface area contributed by atoms with Crippen molar-refractivity contribution >= 4 is 17.7 Å². The summed E-state index contributed by atoms with van der Waals surface area (Å²) >= 11 is 0. The molecule has 3 saturated carbocycles. The van der Waals surface area contributed by atoms with Crippen LogP contribution in [0.15, 0.2) is 11.6 Å². The van der Waals surface area contributed by atoms with Crippen molar-refractivity contribution in [1.29, 1.82) is 0 Å². The zero-order valence-electron chi connectivity index (χ0n) is 23.6. The average molecular weight is 501 g/mol. The number of allylic oxidation sites excluding steroid dienone is 1. The Kier molecular flexibility index (Phi) is 7.80. The molecule has 4 aliphatic rings. The first-order chi connectivity index (χ1) is 16.9. The van der Waals surface area contributed by atoms with Gasteiger partial charge in [0.25, 0.3) is 0 Å². The molecule has 202 valence electrons. The molecular formula is C31H48O5. The average Bonchev–Trinajstić information content (AvgIpc) is 3.11. The van der Waals surface area contributed by atoms with Crippen LogP contribution in [0, 0.1) is 46.3 Å². The number of esters is 2. The maximum Gasteiger partial charge on any atom is 0.303 e. The SMILES string of the molecule is CC(=O)O[C@H]1C[C@@]2(C)C(=C[C@H]1OC(C)=O)C(=O)C[C@H]1[C@@H]3CC[C@H]([C@H](C)CCCC(C)C)[C@@]3(C)CC[C@@H]12. The minimum atomic E-state index is -0.689. The van der Waals surface area contributed by atoms with Crippen molar-refractivity contribution in [2.75, 3.05) is 0 Å². The van der Waals surface area contributed by atoms with Gasteiger partial charge in [0.15, 0.2) is 11.9 Å². The van der Waals surface area contributed by atoms with E-state index in [-0.39, 0.29) is 17.2 Å². The van der Waals surface area contributed by atoms with Crippen LogP contribution in [0.3, 0.4) is 0 Å². The van der Waals surface area contributed by atoms with Crippen molar-refractivity contribution in [3.05, 3.63) is 11.6 Å². The molecule has 0 radical (unpaired) electrons. The lowest BCUT2D eigenvalue weighted by molar-refractivity contribution is -0.168. The van der Waals surface area contributed by atoms with Gasteiger partial charge in [-0.25, -0.2) is 0 Å². The van der Waals surface area contributed by atoms with E-state index in [0.717, 1.165) is 29.7 Å². The topological polar surface area (TPSA) is 69.7 Å². The lowest BCUT2D eigenvalue weighted by Gasteiger charge is -2.58. The Morgan fingerprint density at radius 2 is 1.69 bits per heavy atom. The number of carbonyl (C=O) groups excluding carboxylic acids is 3. The smallest absolute Gasteiger partial charge is 0.303 e. The predicted octanol–water partition coefficient (Wildman–Crippen LogP) is 6.68. The van der Waals surface area contributed by atoms with Gasteiger partial charge in [-0.2, -0.15) is 0 Å². The summed E-state index contributed by atoms with van der Waals surface area (Å²) < 4.78 is 11.2. The van der Waals surface area contributed by atoms with Crippen molar-refractivity contribution in [2.24, 2.45) is 46.3 Å². The molecule has 0 saturated heterocycles. The molecule has 36 heavy (non-hydrogen) atoms. The molecule has 5 heteroatoms. The van der Waals surface area contributed by atoms with Crippen LogP contribution >= 0.6 is 0 Å². The van der Waals surface area contributed by atoms with E-state index in [0.29, 0.717) is 36.0 Å². The number of hydrogen-bond donors (Lipinski definition) is 0. The first-order valence-corrected chi connectivity index (χ1v) is 14.5. The Morgan fingerprint density at radius 3 is 2.33 bits per heavy atom. The van der Waals surface area contributed by atoms with E-state index in [4.69, 9.17) is 9.47 Å². The molecule has 0 N–H and O–H groups in total. The van der Waals surface area contributed by atoms with Crippen LogP contribution in [0.25, 0.3) is 0 Å². The molecule has 0 aromatic heterocycles. The van der Waals surface area contributed by atoms with Gasteiger partial charge in [0.05, 0.1) is 0 Å². The summed E-state index contributed by atoms with van der Waals surface area (Å²) in [5.41, 5.74) is 0.762. The number of fused-ring (bicyclic) bond motifs is 5. The van der Waals surface area contributed by atoms with Crippen LogP contribution in [0.5, 0.6) is 0 Å². The summed E-state index contributed by atoms with van der Waals surface area (Å²) in [5.74, 6) is 2.99. The van der Waals surface area contributed by atoms with Gasteiger partial charge >= 0.3 is 11.9 Å². The summed E-state index contributed by atoms with van der Waals surface area (Å²) in [5, 5.41) is 0. The van der Waals surface area contributed by atoms with Gasteiger partial charge in [0, 0.05) is 31.3 Å². The Morgan fingerprint density at radius 1 is 1.00 bits per heavy atom. The largest absolute Gasteiger partial charge is 0.458 e. The van der Waals surface area contributed by atoms with Gasteiger partial charge < -0.3 is 9.47 Å². The monoisotopic (exact) mass is 500 g/mol. The van der Waals surface area contributed by atoms with E-state index in [1.54, 1.807) is 0 Å². The molecule has 0 aromatic rings. The number of Topliss-reactive ketones (excluding diaryl/α,β-unsaturated/α-hetero) is 1. The molecule has 0 heterocycles. The molecule has 0 bridgehead atoms. The standard InChI is InChI=1S/C31H48O5/c1-18(2)9-8-10-19(3)23-11-12-24-22-15-27(34)26-16-28(35-20(4)32)29(36-21(5)33)17-31(26,7)25(22)13-14-30(23,24)6/h16,18-19,22-25,28-29H,8-15,17H2,1-7H3/t19-,22+,23-,24+,25+,28-,29+,30-,31-/m1/s1. The Bertz CT molecular complexity index is 905. The molecule has 0 unspecified atom stereocenters. The maximum absolute atomic E-state index is 13.6. The lowest BCUT2D eigenvalue weighted by Crippen LogP contribution is -2.56. The second kappa shape index (κ2) is 10.3. The molecule has 0 spiro atoms. The molecule has 3 fully saturated rings. The molecule has 0 amide bonds. The van der Waals surface area contributed by atoms with Crippen LogP contribution in [0.4, 0.5) is 0 Å². The van der Waals surface area contributed by atoms with Crippen molar-refractivity contribution in [3.8, 4) is 0 Å². The summed E-state index contributed by atoms with van der Waals surface area (Å²) in [6, 6.07) is 0. The van der Waals surface area contributed by atoms with Crippen molar-refractivity contribution in [3.63, 3.8) is 0 Å². The molecule has 9 atom stereocenters. The molecule has 0 aliphatic heterocycles. The minimum Gasteiger partial charge on any atom is -0.458 e. The zero-order chi connectivity index (χ0) is 26.4. The number of ketones is 1. The highest BCUT2D eigenvalue weighted by molar-refractivity contribution is 5.98. The minimum absolute atomic E-state index is 0.204. The molecule has 5 nitrogen and oxygen atoms in total. The molecular weight excluding hydrogens is 452 g/mol. The van der Waals surface area contributed by atoms with E-state index < -0.39 is 18.2 Å². The van der Waals surface area contributed by atoms with Crippen molar-refractivity contribution in [2.45, 2.75) is 118 Å². The second-order valence-electron chi connectivity index (χ2n) is 13.5. The number of rotatable bonds is 7. The number of ether oxygens (including phenoxy) is 2. The van der Waals surface area contributed by atoms with E-state index >= 15 is 0 Å². The number of carbonyl (C=O) groups is 3. The van der Waals surface area contributed by atoms with Crippen LogP contribution < -0.4 is 0 Å². The quantitative estimate of drug-likeness (QED) is 0.365. The van der Waals surface area contributed by atoms with Gasteiger partial charge in [0.1, 0.15) is 6.10 Å². The van der Waals surface area contributed by atoms with Crippen molar-refractivity contribution < 1.29 is 23.9 Å². The van der Waals surface area contributed by atoms with Crippen LogP contribution in [0.2, 0.25) is 0 Å². The van der Waals surface area contributed by atoms with Crippen LogP contribution in [-0.2, 0) is 23.9 Å². The summed E-state index contributed by atoms with van der Waals surface area (Å²) in [6.45, 7) is 14.6. The van der Waals surface area contributed by atoms with E-state index in [9.17, 15) is 14.4 Å². The maximum atomic E-state index is 13.6. The lowest BCUT2D eigenvalue weighted by atomic mass is 9.46. The van der Waals surface area contributed by atoms with E-state index in [1.807, 2.05) is 6.08 Å². The van der Waals surface area contributed by atoms with Crippen LogP contribution in [0.1, 0.15) is 106 Å². The fourth-order valence-corrected chi connectivity index (χ4v) is 9.20. The zero-order valence-corrected chi connectivity index (χ0v) is 23.6. The summed E-state index contributed by atoms with van der Waals surface area (Å²) in [7, 11) is 0. The second-order valence-corrected chi connectivity index (χ2v) is 13.5. The summed E-state index contributed by atoms with van der Waals surface area (Å²) in [4.78, 5) is 37.3. The van der Waals surface area contributed by atoms with Crippen molar-refractivity contribution in [1.82, 2.24) is 0 Å². The highest BCUT2D eigenvalue weighted by Gasteiger charge is 2.62. The molecule has 4 aliphatic carbocycles. The third-order valence-corrected chi connectivity index (χ3v) is 10.7. The third kappa shape index (κ3) is 4.92. The van der Waals surface area contributed by atoms with Gasteiger partial charge in [-0.1, -0.05) is 53.9 Å². The first-order valence-electron chi connectivity index (χ1n) is 14.5. The van der Waals surface area contributed by atoms with Gasteiger partial charge in [-0.3, -0.25) is 14.4 Å². The predicted molar refractivity (Wildman–Crippen MR) is 140 cm³/mol. The normalized spacial score (nSPS) is 40.6. The Hall–Kier alpha value is -1.65. The third-order valence-electron chi connectivity index (χ3n) is 10.7. The van der Waals surface area contributed by atoms with E-state index in [2.05, 4.69) is 34.6 Å². The molecule has 4 rings (SSSR count).